The normalized spacial score (nSPS) is 15.0. The van der Waals surface area contributed by atoms with Crippen LogP contribution in [0.3, 0.4) is 0 Å². The summed E-state index contributed by atoms with van der Waals surface area (Å²) in [5, 5.41) is 3.12. The van der Waals surface area contributed by atoms with E-state index in [-0.39, 0.29) is 30.4 Å². The topological polar surface area (TPSA) is 95.7 Å². The van der Waals surface area contributed by atoms with Gasteiger partial charge in [0.2, 0.25) is 11.8 Å². The SMILES string of the molecule is CCCCCCCCCCCC(=O)NC(CCCCN)CN1CC(=O)N(CCCC)C1=O. The van der Waals surface area contributed by atoms with Crippen LogP contribution in [-0.4, -0.2) is 59.9 Å². The number of hydrogen-bond acceptors (Lipinski definition) is 4. The summed E-state index contributed by atoms with van der Waals surface area (Å²) in [6.45, 7) is 5.88. The molecule has 1 fully saturated rings. The van der Waals surface area contributed by atoms with Gasteiger partial charge in [0, 0.05) is 25.6 Å². The number of nitrogens with two attached hydrogens (primary N) is 1. The van der Waals surface area contributed by atoms with Gasteiger partial charge in [-0.3, -0.25) is 14.5 Å². The Morgan fingerprint density at radius 1 is 0.906 bits per heavy atom. The first-order chi connectivity index (χ1) is 15.5. The van der Waals surface area contributed by atoms with Crippen molar-refractivity contribution in [3.05, 3.63) is 0 Å². The molecule has 32 heavy (non-hydrogen) atoms. The molecule has 1 rings (SSSR count). The number of amides is 4. The van der Waals surface area contributed by atoms with Gasteiger partial charge in [-0.15, -0.1) is 0 Å². The highest BCUT2D eigenvalue weighted by Crippen LogP contribution is 2.15. The smallest absolute Gasteiger partial charge is 0.327 e. The lowest BCUT2D eigenvalue weighted by molar-refractivity contribution is -0.125. The van der Waals surface area contributed by atoms with E-state index in [1.807, 2.05) is 6.92 Å². The first-order valence-corrected chi connectivity index (χ1v) is 13.1. The maximum absolute atomic E-state index is 12.6. The number of nitrogens with zero attached hydrogens (tertiary/aromatic N) is 2. The number of unbranched alkanes of at least 4 members (excludes halogenated alkanes) is 10. The van der Waals surface area contributed by atoms with E-state index in [0.717, 1.165) is 44.9 Å². The molecule has 7 heteroatoms. The molecule has 0 spiro atoms. The molecule has 1 saturated heterocycles. The second-order valence-electron chi connectivity index (χ2n) is 9.19. The molecule has 0 aromatic heterocycles. The fourth-order valence-corrected chi connectivity index (χ4v) is 4.18. The zero-order valence-corrected chi connectivity index (χ0v) is 20.7. The van der Waals surface area contributed by atoms with Crippen molar-refractivity contribution in [2.75, 3.05) is 26.2 Å². The lowest BCUT2D eigenvalue weighted by atomic mass is 10.1. The maximum atomic E-state index is 12.6. The Hall–Kier alpha value is -1.63. The van der Waals surface area contributed by atoms with Crippen LogP contribution in [-0.2, 0) is 9.59 Å². The molecular formula is C25H48N4O3. The van der Waals surface area contributed by atoms with E-state index in [4.69, 9.17) is 5.73 Å². The van der Waals surface area contributed by atoms with Gasteiger partial charge < -0.3 is 16.0 Å². The quantitative estimate of drug-likeness (QED) is 0.209. The highest BCUT2D eigenvalue weighted by atomic mass is 16.2. The number of rotatable bonds is 20. The molecule has 0 aromatic carbocycles. The third kappa shape index (κ3) is 11.8. The van der Waals surface area contributed by atoms with Gasteiger partial charge in [0.15, 0.2) is 0 Å². The van der Waals surface area contributed by atoms with Gasteiger partial charge in [0.05, 0.1) is 0 Å². The first-order valence-electron chi connectivity index (χ1n) is 13.1. The van der Waals surface area contributed by atoms with E-state index in [1.165, 1.54) is 49.8 Å². The molecular weight excluding hydrogens is 404 g/mol. The molecule has 1 aliphatic heterocycles. The van der Waals surface area contributed by atoms with Crippen LogP contribution in [0, 0.1) is 0 Å². The number of urea groups is 1. The summed E-state index contributed by atoms with van der Waals surface area (Å²) in [7, 11) is 0. The summed E-state index contributed by atoms with van der Waals surface area (Å²) in [6, 6.07) is -0.351. The van der Waals surface area contributed by atoms with Gasteiger partial charge in [-0.05, 0) is 32.2 Å². The lowest BCUT2D eigenvalue weighted by Gasteiger charge is -2.24. The van der Waals surface area contributed by atoms with Crippen molar-refractivity contribution in [3.63, 3.8) is 0 Å². The lowest BCUT2D eigenvalue weighted by Crippen LogP contribution is -2.45. The Morgan fingerprint density at radius 2 is 1.53 bits per heavy atom. The molecule has 0 radical (unpaired) electrons. The predicted octanol–water partition coefficient (Wildman–Crippen LogP) is 4.59. The minimum Gasteiger partial charge on any atom is -0.352 e. The van der Waals surface area contributed by atoms with E-state index in [0.29, 0.717) is 26.1 Å². The van der Waals surface area contributed by atoms with Gasteiger partial charge in [-0.1, -0.05) is 78.1 Å². The standard InChI is InChI=1S/C25H48N4O3/c1-3-5-7-8-9-10-11-12-13-17-23(30)27-22(16-14-15-18-26)20-28-21-24(31)29(25(28)32)19-6-4-2/h22H,3-21,26H2,1-2H3,(H,27,30). The van der Waals surface area contributed by atoms with Crippen molar-refractivity contribution in [2.45, 2.75) is 116 Å². The molecule has 1 aliphatic rings. The molecule has 1 atom stereocenters. The molecule has 1 heterocycles. The van der Waals surface area contributed by atoms with E-state index in [2.05, 4.69) is 12.2 Å². The van der Waals surface area contributed by atoms with Crippen molar-refractivity contribution in [1.29, 1.82) is 0 Å². The average molecular weight is 453 g/mol. The molecule has 3 N–H and O–H groups in total. The second kappa shape index (κ2) is 17.9. The van der Waals surface area contributed by atoms with E-state index in [1.54, 1.807) is 4.90 Å². The maximum Gasteiger partial charge on any atom is 0.327 e. The fraction of sp³-hybridized carbons (Fsp3) is 0.880. The third-order valence-electron chi connectivity index (χ3n) is 6.18. The van der Waals surface area contributed by atoms with Crippen molar-refractivity contribution >= 4 is 17.8 Å². The number of hydrogen-bond donors (Lipinski definition) is 2. The van der Waals surface area contributed by atoms with Crippen LogP contribution in [0.25, 0.3) is 0 Å². The molecule has 4 amide bonds. The van der Waals surface area contributed by atoms with Crippen LogP contribution in [0.4, 0.5) is 4.79 Å². The second-order valence-corrected chi connectivity index (χ2v) is 9.19. The van der Waals surface area contributed by atoms with Crippen molar-refractivity contribution in [1.82, 2.24) is 15.1 Å². The van der Waals surface area contributed by atoms with E-state index < -0.39 is 0 Å². The Morgan fingerprint density at radius 3 is 2.16 bits per heavy atom. The molecule has 1 unspecified atom stereocenters. The fourth-order valence-electron chi connectivity index (χ4n) is 4.18. The summed E-state index contributed by atoms with van der Waals surface area (Å²) >= 11 is 0. The Kier molecular flexibility index (Phi) is 15.9. The van der Waals surface area contributed by atoms with Crippen LogP contribution in [0.5, 0.6) is 0 Å². The van der Waals surface area contributed by atoms with Crippen LogP contribution in [0.1, 0.15) is 110 Å². The Bertz CT molecular complexity index is 541. The van der Waals surface area contributed by atoms with Crippen molar-refractivity contribution < 1.29 is 14.4 Å². The molecule has 0 saturated carbocycles. The van der Waals surface area contributed by atoms with Crippen molar-refractivity contribution in [3.8, 4) is 0 Å². The number of nitrogens with one attached hydrogen (secondary N) is 1. The molecule has 0 aromatic rings. The van der Waals surface area contributed by atoms with Crippen LogP contribution < -0.4 is 11.1 Å². The van der Waals surface area contributed by atoms with Gasteiger partial charge in [-0.2, -0.15) is 0 Å². The highest BCUT2D eigenvalue weighted by Gasteiger charge is 2.36. The van der Waals surface area contributed by atoms with Gasteiger partial charge in [-0.25, -0.2) is 4.79 Å². The summed E-state index contributed by atoms with van der Waals surface area (Å²) < 4.78 is 0. The van der Waals surface area contributed by atoms with E-state index >= 15 is 0 Å². The Labute approximate surface area is 195 Å². The summed E-state index contributed by atoms with van der Waals surface area (Å²) in [5.41, 5.74) is 5.62. The monoisotopic (exact) mass is 452 g/mol. The number of carbonyl (C=O) groups is 3. The van der Waals surface area contributed by atoms with E-state index in [9.17, 15) is 14.4 Å². The molecule has 0 bridgehead atoms. The van der Waals surface area contributed by atoms with Crippen LogP contribution in [0.2, 0.25) is 0 Å². The summed E-state index contributed by atoms with van der Waals surface area (Å²) in [4.78, 5) is 40.3. The highest BCUT2D eigenvalue weighted by molar-refractivity contribution is 6.02. The average Bonchev–Trinajstić information content (AvgIpc) is 3.03. The Balaban J connectivity index is 2.37. The predicted molar refractivity (Wildman–Crippen MR) is 130 cm³/mol. The molecule has 0 aliphatic carbocycles. The van der Waals surface area contributed by atoms with Crippen LogP contribution in [0.15, 0.2) is 0 Å². The number of carbonyl (C=O) groups excluding carboxylic acids is 3. The minimum absolute atomic E-state index is 0.0477. The van der Waals surface area contributed by atoms with Crippen molar-refractivity contribution in [2.24, 2.45) is 5.73 Å². The minimum atomic E-state index is -0.222. The summed E-state index contributed by atoms with van der Waals surface area (Å²) in [5.74, 6) is -0.0864. The van der Waals surface area contributed by atoms with Gasteiger partial charge >= 0.3 is 6.03 Å². The largest absolute Gasteiger partial charge is 0.352 e. The first kappa shape index (κ1) is 28.4. The molecule has 186 valence electrons. The van der Waals surface area contributed by atoms with Gasteiger partial charge in [0.25, 0.3) is 0 Å². The van der Waals surface area contributed by atoms with Gasteiger partial charge in [0.1, 0.15) is 6.54 Å². The summed E-state index contributed by atoms with van der Waals surface area (Å²) in [6.07, 6.45) is 15.9. The number of imide groups is 1. The zero-order valence-electron chi connectivity index (χ0n) is 20.7. The zero-order chi connectivity index (χ0) is 23.6. The van der Waals surface area contributed by atoms with Crippen LogP contribution >= 0.6 is 0 Å². The molecule has 7 nitrogen and oxygen atoms in total. The third-order valence-corrected chi connectivity index (χ3v) is 6.18.